The van der Waals surface area contributed by atoms with E-state index in [1.165, 1.54) is 13.2 Å². The summed E-state index contributed by atoms with van der Waals surface area (Å²) >= 11 is 6.01. The summed E-state index contributed by atoms with van der Waals surface area (Å²) in [4.78, 5) is 20.2. The number of aromatic nitrogens is 1. The molecule has 0 unspecified atom stereocenters. The second-order valence-corrected chi connectivity index (χ2v) is 4.75. The summed E-state index contributed by atoms with van der Waals surface area (Å²) in [6, 6.07) is 3.30. The molecule has 1 aromatic rings. The number of esters is 1. The van der Waals surface area contributed by atoms with Crippen molar-refractivity contribution in [2.45, 2.75) is 0 Å². The van der Waals surface area contributed by atoms with Crippen LogP contribution in [0.4, 0.5) is 5.82 Å². The molecule has 1 aliphatic rings. The van der Waals surface area contributed by atoms with Crippen LogP contribution in [-0.2, 0) is 4.74 Å². The Kier molecular flexibility index (Phi) is 4.04. The second-order valence-electron chi connectivity index (χ2n) is 4.31. The lowest BCUT2D eigenvalue weighted by Gasteiger charge is -2.33. The molecule has 1 aliphatic heterocycles. The van der Waals surface area contributed by atoms with Crippen molar-refractivity contribution in [2.24, 2.45) is 0 Å². The number of anilines is 1. The first-order chi connectivity index (χ1) is 8.60. The average molecular weight is 270 g/mol. The Labute approximate surface area is 111 Å². The summed E-state index contributed by atoms with van der Waals surface area (Å²) < 4.78 is 4.66. The lowest BCUT2D eigenvalue weighted by Crippen LogP contribution is -2.44. The molecule has 0 saturated carbocycles. The van der Waals surface area contributed by atoms with Crippen LogP contribution >= 0.6 is 11.6 Å². The highest BCUT2D eigenvalue weighted by molar-refractivity contribution is 6.31. The van der Waals surface area contributed by atoms with Crippen LogP contribution in [-0.4, -0.2) is 56.2 Å². The number of likely N-dealkylation sites (N-methyl/N-ethyl adjacent to an activating group) is 1. The molecule has 5 nitrogen and oxygen atoms in total. The molecule has 6 heteroatoms. The number of hydrogen-bond acceptors (Lipinski definition) is 5. The van der Waals surface area contributed by atoms with E-state index in [0.717, 1.165) is 32.0 Å². The molecule has 0 radical (unpaired) electrons. The Hall–Kier alpha value is -1.33. The molecule has 98 valence electrons. The van der Waals surface area contributed by atoms with E-state index in [1.54, 1.807) is 6.07 Å². The van der Waals surface area contributed by atoms with E-state index < -0.39 is 5.97 Å². The molecule has 18 heavy (non-hydrogen) atoms. The molecular weight excluding hydrogens is 254 g/mol. The molecule has 2 rings (SSSR count). The van der Waals surface area contributed by atoms with Crippen LogP contribution in [0.2, 0.25) is 5.02 Å². The standard InChI is InChI=1S/C12H16ClN3O2/c1-15-3-5-16(6-4-15)11-8-9(13)7-10(14-11)12(17)18-2/h7-8H,3-6H2,1-2H3. The Morgan fingerprint density at radius 2 is 2.00 bits per heavy atom. The van der Waals surface area contributed by atoms with Gasteiger partial charge in [0.15, 0.2) is 5.69 Å². The summed E-state index contributed by atoms with van der Waals surface area (Å²) in [5, 5.41) is 0.499. The maximum absolute atomic E-state index is 11.5. The normalized spacial score (nSPS) is 16.7. The molecule has 1 fully saturated rings. The van der Waals surface area contributed by atoms with Crippen LogP contribution in [0, 0.1) is 0 Å². The van der Waals surface area contributed by atoms with Crippen molar-refractivity contribution in [1.29, 1.82) is 0 Å². The fourth-order valence-corrected chi connectivity index (χ4v) is 2.09. The molecule has 2 heterocycles. The van der Waals surface area contributed by atoms with Crippen molar-refractivity contribution in [3.8, 4) is 0 Å². The summed E-state index contributed by atoms with van der Waals surface area (Å²) in [6.45, 7) is 3.71. The minimum absolute atomic E-state index is 0.249. The van der Waals surface area contributed by atoms with Gasteiger partial charge in [0.1, 0.15) is 5.82 Å². The van der Waals surface area contributed by atoms with Gasteiger partial charge in [0.25, 0.3) is 0 Å². The number of rotatable bonds is 2. The van der Waals surface area contributed by atoms with Crippen molar-refractivity contribution in [3.63, 3.8) is 0 Å². The van der Waals surface area contributed by atoms with Gasteiger partial charge in [-0.25, -0.2) is 9.78 Å². The molecule has 1 aromatic heterocycles. The molecule has 0 aliphatic carbocycles. The summed E-state index contributed by atoms with van der Waals surface area (Å²) in [5.74, 6) is 0.267. The van der Waals surface area contributed by atoms with E-state index in [9.17, 15) is 4.79 Å². The first-order valence-corrected chi connectivity index (χ1v) is 6.17. The van der Waals surface area contributed by atoms with Crippen LogP contribution in [0.15, 0.2) is 12.1 Å². The number of piperazine rings is 1. The van der Waals surface area contributed by atoms with E-state index in [2.05, 4.69) is 26.6 Å². The molecule has 0 aromatic carbocycles. The van der Waals surface area contributed by atoms with Gasteiger partial charge in [-0.3, -0.25) is 0 Å². The van der Waals surface area contributed by atoms with E-state index in [-0.39, 0.29) is 5.69 Å². The third kappa shape index (κ3) is 2.91. The fourth-order valence-electron chi connectivity index (χ4n) is 1.89. The number of ether oxygens (including phenoxy) is 1. The zero-order valence-electron chi connectivity index (χ0n) is 10.5. The Morgan fingerprint density at radius 1 is 1.33 bits per heavy atom. The highest BCUT2D eigenvalue weighted by Crippen LogP contribution is 2.20. The van der Waals surface area contributed by atoms with Crippen LogP contribution in [0.5, 0.6) is 0 Å². The van der Waals surface area contributed by atoms with Crippen molar-refractivity contribution in [3.05, 3.63) is 22.8 Å². The molecule has 1 saturated heterocycles. The molecule has 0 spiro atoms. The van der Waals surface area contributed by atoms with Crippen molar-refractivity contribution < 1.29 is 9.53 Å². The lowest BCUT2D eigenvalue weighted by atomic mass is 10.3. The third-order valence-electron chi connectivity index (χ3n) is 3.00. The maximum Gasteiger partial charge on any atom is 0.356 e. The van der Waals surface area contributed by atoms with Gasteiger partial charge in [0.2, 0.25) is 0 Å². The molecule has 0 N–H and O–H groups in total. The van der Waals surface area contributed by atoms with Crippen LogP contribution in [0.3, 0.4) is 0 Å². The van der Waals surface area contributed by atoms with Crippen LogP contribution in [0.1, 0.15) is 10.5 Å². The number of methoxy groups -OCH3 is 1. The van der Waals surface area contributed by atoms with Gasteiger partial charge in [-0.05, 0) is 19.2 Å². The number of carbonyl (C=O) groups is 1. The SMILES string of the molecule is COC(=O)c1cc(Cl)cc(N2CCN(C)CC2)n1. The second kappa shape index (κ2) is 5.54. The topological polar surface area (TPSA) is 45.7 Å². The highest BCUT2D eigenvalue weighted by atomic mass is 35.5. The molecule has 0 bridgehead atoms. The summed E-state index contributed by atoms with van der Waals surface area (Å²) in [6.07, 6.45) is 0. The summed E-state index contributed by atoms with van der Waals surface area (Å²) in [7, 11) is 3.42. The van der Waals surface area contributed by atoms with Crippen LogP contribution < -0.4 is 4.90 Å². The molecular formula is C12H16ClN3O2. The van der Waals surface area contributed by atoms with Crippen molar-refractivity contribution in [2.75, 3.05) is 45.2 Å². The first-order valence-electron chi connectivity index (χ1n) is 5.79. The predicted molar refractivity (Wildman–Crippen MR) is 70.3 cm³/mol. The minimum atomic E-state index is -0.465. The van der Waals surface area contributed by atoms with E-state index >= 15 is 0 Å². The van der Waals surface area contributed by atoms with Gasteiger partial charge < -0.3 is 14.5 Å². The van der Waals surface area contributed by atoms with Gasteiger partial charge in [0, 0.05) is 31.2 Å². The number of carbonyl (C=O) groups excluding carboxylic acids is 1. The number of nitrogens with zero attached hydrogens (tertiary/aromatic N) is 3. The predicted octanol–water partition coefficient (Wildman–Crippen LogP) is 1.27. The Balaban J connectivity index is 2.22. The number of hydrogen-bond donors (Lipinski definition) is 0. The average Bonchev–Trinajstić information content (AvgIpc) is 2.38. The van der Waals surface area contributed by atoms with Gasteiger partial charge in [-0.1, -0.05) is 11.6 Å². The van der Waals surface area contributed by atoms with Crippen LogP contribution in [0.25, 0.3) is 0 Å². The zero-order chi connectivity index (χ0) is 13.1. The van der Waals surface area contributed by atoms with E-state index in [0.29, 0.717) is 5.02 Å². The fraction of sp³-hybridized carbons (Fsp3) is 0.500. The molecule has 0 amide bonds. The molecule has 0 atom stereocenters. The number of halogens is 1. The Bertz CT molecular complexity index is 445. The third-order valence-corrected chi connectivity index (χ3v) is 3.22. The van der Waals surface area contributed by atoms with Crippen molar-refractivity contribution >= 4 is 23.4 Å². The minimum Gasteiger partial charge on any atom is -0.464 e. The first kappa shape index (κ1) is 13.1. The largest absolute Gasteiger partial charge is 0.464 e. The van der Waals surface area contributed by atoms with Gasteiger partial charge in [-0.2, -0.15) is 0 Å². The monoisotopic (exact) mass is 269 g/mol. The number of pyridine rings is 1. The quantitative estimate of drug-likeness (QED) is 0.757. The zero-order valence-corrected chi connectivity index (χ0v) is 11.3. The van der Waals surface area contributed by atoms with E-state index in [1.807, 2.05) is 0 Å². The van der Waals surface area contributed by atoms with Gasteiger partial charge in [-0.15, -0.1) is 0 Å². The van der Waals surface area contributed by atoms with Gasteiger partial charge in [0.05, 0.1) is 7.11 Å². The Morgan fingerprint density at radius 3 is 2.61 bits per heavy atom. The lowest BCUT2D eigenvalue weighted by molar-refractivity contribution is 0.0594. The maximum atomic E-state index is 11.5. The van der Waals surface area contributed by atoms with Gasteiger partial charge >= 0.3 is 5.97 Å². The van der Waals surface area contributed by atoms with E-state index in [4.69, 9.17) is 11.6 Å². The van der Waals surface area contributed by atoms with Crippen molar-refractivity contribution in [1.82, 2.24) is 9.88 Å². The highest BCUT2D eigenvalue weighted by Gasteiger charge is 2.18. The smallest absolute Gasteiger partial charge is 0.356 e. The summed E-state index contributed by atoms with van der Waals surface area (Å²) in [5.41, 5.74) is 0.249.